The largest absolute Gasteiger partial charge is 0.452 e. The third-order valence-electron chi connectivity index (χ3n) is 3.24. The molecule has 0 fully saturated rings. The molecular formula is C18H16FNO4. The molecule has 0 aromatic heterocycles. The molecule has 1 N–H and O–H groups in total. The summed E-state index contributed by atoms with van der Waals surface area (Å²) in [5.41, 5.74) is 1.32. The number of hydrogen-bond donors (Lipinski definition) is 1. The molecule has 0 heterocycles. The van der Waals surface area contributed by atoms with Crippen LogP contribution in [0.15, 0.2) is 48.5 Å². The molecular weight excluding hydrogens is 313 g/mol. The van der Waals surface area contributed by atoms with Gasteiger partial charge in [-0.3, -0.25) is 9.59 Å². The summed E-state index contributed by atoms with van der Waals surface area (Å²) in [7, 11) is 0. The molecule has 2 aromatic rings. The molecule has 24 heavy (non-hydrogen) atoms. The van der Waals surface area contributed by atoms with Crippen molar-refractivity contribution in [1.29, 1.82) is 0 Å². The van der Waals surface area contributed by atoms with E-state index in [4.69, 9.17) is 4.74 Å². The Kier molecular flexibility index (Phi) is 5.78. The SMILES string of the molecule is CC(=O)c1cccc(C(=O)OCC(=O)NCc2ccc(F)cc2)c1. The smallest absolute Gasteiger partial charge is 0.338 e. The fourth-order valence-electron chi connectivity index (χ4n) is 1.93. The van der Waals surface area contributed by atoms with E-state index in [0.29, 0.717) is 5.56 Å². The molecule has 2 aromatic carbocycles. The minimum Gasteiger partial charge on any atom is -0.452 e. The van der Waals surface area contributed by atoms with Crippen molar-refractivity contribution >= 4 is 17.7 Å². The number of hydrogen-bond acceptors (Lipinski definition) is 4. The highest BCUT2D eigenvalue weighted by atomic mass is 19.1. The molecule has 0 saturated heterocycles. The van der Waals surface area contributed by atoms with Gasteiger partial charge in [0.25, 0.3) is 5.91 Å². The summed E-state index contributed by atoms with van der Waals surface area (Å²) in [5.74, 6) is -1.68. The molecule has 0 aliphatic heterocycles. The molecule has 0 spiro atoms. The molecule has 0 bridgehead atoms. The van der Waals surface area contributed by atoms with Crippen LogP contribution in [-0.2, 0) is 16.1 Å². The van der Waals surface area contributed by atoms with Crippen LogP contribution in [0.5, 0.6) is 0 Å². The van der Waals surface area contributed by atoms with Crippen LogP contribution in [-0.4, -0.2) is 24.3 Å². The average Bonchev–Trinajstić information content (AvgIpc) is 2.59. The molecule has 0 aliphatic rings. The Morgan fingerprint density at radius 3 is 2.38 bits per heavy atom. The first-order chi connectivity index (χ1) is 11.5. The lowest BCUT2D eigenvalue weighted by atomic mass is 10.1. The Morgan fingerprint density at radius 2 is 1.71 bits per heavy atom. The number of nitrogens with one attached hydrogen (secondary N) is 1. The van der Waals surface area contributed by atoms with Crippen molar-refractivity contribution < 1.29 is 23.5 Å². The first-order valence-corrected chi connectivity index (χ1v) is 7.25. The number of ketones is 1. The Hall–Kier alpha value is -3.02. The number of halogens is 1. The summed E-state index contributed by atoms with van der Waals surface area (Å²) in [4.78, 5) is 34.8. The predicted octanol–water partition coefficient (Wildman–Crippen LogP) is 2.50. The molecule has 0 aliphatic carbocycles. The van der Waals surface area contributed by atoms with Crippen LogP contribution in [0.1, 0.15) is 33.2 Å². The van der Waals surface area contributed by atoms with Gasteiger partial charge >= 0.3 is 5.97 Å². The maximum absolute atomic E-state index is 12.8. The van der Waals surface area contributed by atoms with Gasteiger partial charge in [-0.05, 0) is 36.8 Å². The van der Waals surface area contributed by atoms with E-state index in [-0.39, 0.29) is 23.7 Å². The number of rotatable bonds is 6. The van der Waals surface area contributed by atoms with Crippen molar-refractivity contribution in [2.24, 2.45) is 0 Å². The summed E-state index contributed by atoms with van der Waals surface area (Å²) < 4.78 is 17.7. The summed E-state index contributed by atoms with van der Waals surface area (Å²) in [6.45, 7) is 1.16. The topological polar surface area (TPSA) is 72.5 Å². The molecule has 2 rings (SSSR count). The summed E-state index contributed by atoms with van der Waals surface area (Å²) in [6.07, 6.45) is 0. The molecule has 5 nitrogen and oxygen atoms in total. The van der Waals surface area contributed by atoms with E-state index in [0.717, 1.165) is 5.56 Å². The lowest BCUT2D eigenvalue weighted by molar-refractivity contribution is -0.124. The van der Waals surface area contributed by atoms with E-state index in [1.54, 1.807) is 24.3 Å². The molecule has 0 atom stereocenters. The van der Waals surface area contributed by atoms with Crippen molar-refractivity contribution in [2.45, 2.75) is 13.5 Å². The maximum Gasteiger partial charge on any atom is 0.338 e. The van der Waals surface area contributed by atoms with Gasteiger partial charge in [-0.1, -0.05) is 24.3 Å². The van der Waals surface area contributed by atoms with Gasteiger partial charge in [0, 0.05) is 12.1 Å². The zero-order chi connectivity index (χ0) is 17.5. The van der Waals surface area contributed by atoms with Gasteiger partial charge in [0.2, 0.25) is 0 Å². The zero-order valence-electron chi connectivity index (χ0n) is 13.0. The van der Waals surface area contributed by atoms with Crippen LogP contribution < -0.4 is 5.32 Å². The Balaban J connectivity index is 1.82. The number of Topliss-reactive ketones (excluding diaryl/α,β-unsaturated/α-hetero) is 1. The summed E-state index contributed by atoms with van der Waals surface area (Å²) >= 11 is 0. The number of amides is 1. The minimum atomic E-state index is -0.685. The van der Waals surface area contributed by atoms with E-state index in [2.05, 4.69) is 5.32 Å². The molecule has 0 saturated carbocycles. The van der Waals surface area contributed by atoms with E-state index < -0.39 is 18.5 Å². The van der Waals surface area contributed by atoms with Crippen molar-refractivity contribution in [3.63, 3.8) is 0 Å². The lowest BCUT2D eigenvalue weighted by Gasteiger charge is -2.07. The van der Waals surface area contributed by atoms with Gasteiger partial charge in [0.15, 0.2) is 12.4 Å². The van der Waals surface area contributed by atoms with Crippen LogP contribution >= 0.6 is 0 Å². The van der Waals surface area contributed by atoms with Gasteiger partial charge in [0.1, 0.15) is 5.82 Å². The van der Waals surface area contributed by atoms with Crippen LogP contribution in [0.2, 0.25) is 0 Å². The average molecular weight is 329 g/mol. The first kappa shape index (κ1) is 17.3. The lowest BCUT2D eigenvalue weighted by Crippen LogP contribution is -2.28. The summed E-state index contributed by atoms with van der Waals surface area (Å²) in [5, 5.41) is 2.56. The van der Waals surface area contributed by atoms with Gasteiger partial charge in [-0.15, -0.1) is 0 Å². The molecule has 0 radical (unpaired) electrons. The van der Waals surface area contributed by atoms with Crippen LogP contribution in [0.4, 0.5) is 4.39 Å². The van der Waals surface area contributed by atoms with E-state index in [9.17, 15) is 18.8 Å². The fraction of sp³-hybridized carbons (Fsp3) is 0.167. The second-order valence-electron chi connectivity index (χ2n) is 5.12. The second kappa shape index (κ2) is 8.01. The fourth-order valence-corrected chi connectivity index (χ4v) is 1.93. The maximum atomic E-state index is 12.8. The third kappa shape index (κ3) is 5.01. The van der Waals surface area contributed by atoms with Gasteiger partial charge in [-0.25, -0.2) is 9.18 Å². The minimum absolute atomic E-state index is 0.165. The highest BCUT2D eigenvalue weighted by molar-refractivity contribution is 5.98. The van der Waals surface area contributed by atoms with Crippen molar-refractivity contribution in [2.75, 3.05) is 6.61 Å². The Morgan fingerprint density at radius 1 is 1.04 bits per heavy atom. The van der Waals surface area contributed by atoms with Crippen LogP contribution in [0, 0.1) is 5.82 Å². The number of esters is 1. The van der Waals surface area contributed by atoms with E-state index in [1.165, 1.54) is 31.2 Å². The quantitative estimate of drug-likeness (QED) is 0.653. The van der Waals surface area contributed by atoms with Crippen LogP contribution in [0.25, 0.3) is 0 Å². The van der Waals surface area contributed by atoms with Crippen LogP contribution in [0.3, 0.4) is 0 Å². The highest BCUT2D eigenvalue weighted by Crippen LogP contribution is 2.07. The normalized spacial score (nSPS) is 10.1. The Labute approximate surface area is 138 Å². The summed E-state index contributed by atoms with van der Waals surface area (Å²) in [6, 6.07) is 11.8. The first-order valence-electron chi connectivity index (χ1n) is 7.25. The number of ether oxygens (including phenoxy) is 1. The molecule has 6 heteroatoms. The predicted molar refractivity (Wildman–Crippen MR) is 85.0 cm³/mol. The van der Waals surface area contributed by atoms with Crippen molar-refractivity contribution in [3.8, 4) is 0 Å². The monoisotopic (exact) mass is 329 g/mol. The number of carbonyl (C=O) groups is 3. The van der Waals surface area contributed by atoms with E-state index in [1.807, 2.05) is 0 Å². The standard InChI is InChI=1S/C18H16FNO4/c1-12(21)14-3-2-4-15(9-14)18(23)24-11-17(22)20-10-13-5-7-16(19)8-6-13/h2-9H,10-11H2,1H3,(H,20,22). The Bertz CT molecular complexity index is 756. The zero-order valence-corrected chi connectivity index (χ0v) is 13.0. The number of carbonyl (C=O) groups excluding carboxylic acids is 3. The highest BCUT2D eigenvalue weighted by Gasteiger charge is 2.11. The van der Waals surface area contributed by atoms with Gasteiger partial charge in [-0.2, -0.15) is 0 Å². The number of benzene rings is 2. The van der Waals surface area contributed by atoms with E-state index >= 15 is 0 Å². The molecule has 1 amide bonds. The van der Waals surface area contributed by atoms with Gasteiger partial charge < -0.3 is 10.1 Å². The third-order valence-corrected chi connectivity index (χ3v) is 3.24. The molecule has 0 unspecified atom stereocenters. The molecule has 124 valence electrons. The van der Waals surface area contributed by atoms with Gasteiger partial charge in [0.05, 0.1) is 5.56 Å². The van der Waals surface area contributed by atoms with Crippen molar-refractivity contribution in [3.05, 3.63) is 71.0 Å². The van der Waals surface area contributed by atoms with Crippen molar-refractivity contribution in [1.82, 2.24) is 5.32 Å². The second-order valence-corrected chi connectivity index (χ2v) is 5.12.